The Bertz CT molecular complexity index is 757. The van der Waals surface area contributed by atoms with Crippen molar-refractivity contribution in [1.82, 2.24) is 0 Å². The van der Waals surface area contributed by atoms with Crippen molar-refractivity contribution in [2.24, 2.45) is 5.73 Å². The van der Waals surface area contributed by atoms with E-state index >= 15 is 0 Å². The Balaban J connectivity index is 2.06. The van der Waals surface area contributed by atoms with Gasteiger partial charge in [-0.15, -0.1) is 0 Å². The van der Waals surface area contributed by atoms with Crippen molar-refractivity contribution < 1.29 is 9.53 Å². The molecule has 0 radical (unpaired) electrons. The van der Waals surface area contributed by atoms with Crippen LogP contribution in [0.3, 0.4) is 0 Å². The summed E-state index contributed by atoms with van der Waals surface area (Å²) in [6, 6.07) is 14.8. The van der Waals surface area contributed by atoms with E-state index in [4.69, 9.17) is 22.7 Å². The van der Waals surface area contributed by atoms with E-state index in [0.717, 1.165) is 16.7 Å². The van der Waals surface area contributed by atoms with Crippen molar-refractivity contribution in [3.05, 3.63) is 70.8 Å². The van der Waals surface area contributed by atoms with E-state index < -0.39 is 0 Å². The zero-order chi connectivity index (χ0) is 17.7. The van der Waals surface area contributed by atoms with Gasteiger partial charge < -0.3 is 10.5 Å². The predicted molar refractivity (Wildman–Crippen MR) is 102 cm³/mol. The monoisotopic (exact) mass is 339 g/mol. The molecular formula is C20H21NO2S. The van der Waals surface area contributed by atoms with E-state index in [1.807, 2.05) is 31.2 Å². The highest BCUT2D eigenvalue weighted by atomic mass is 32.1. The molecule has 2 aromatic carbocycles. The Morgan fingerprint density at radius 1 is 1.08 bits per heavy atom. The third-order valence-corrected chi connectivity index (χ3v) is 3.84. The number of carbonyl (C=O) groups is 1. The summed E-state index contributed by atoms with van der Waals surface area (Å²) in [4.78, 5) is 12.6. The topological polar surface area (TPSA) is 52.3 Å². The second-order valence-electron chi connectivity index (χ2n) is 5.92. The van der Waals surface area contributed by atoms with E-state index in [0.29, 0.717) is 10.7 Å². The van der Waals surface area contributed by atoms with Crippen LogP contribution in [0.2, 0.25) is 0 Å². The first kappa shape index (κ1) is 17.9. The van der Waals surface area contributed by atoms with Crippen molar-refractivity contribution in [2.45, 2.75) is 26.7 Å². The van der Waals surface area contributed by atoms with Crippen molar-refractivity contribution >= 4 is 29.3 Å². The van der Waals surface area contributed by atoms with Crippen LogP contribution in [0.1, 0.15) is 43.4 Å². The minimum absolute atomic E-state index is 0.298. The van der Waals surface area contributed by atoms with Crippen molar-refractivity contribution in [2.75, 3.05) is 0 Å². The Morgan fingerprint density at radius 2 is 1.67 bits per heavy atom. The lowest BCUT2D eigenvalue weighted by Gasteiger charge is -2.12. The first-order valence-electron chi connectivity index (χ1n) is 7.73. The van der Waals surface area contributed by atoms with E-state index in [1.54, 1.807) is 24.3 Å². The lowest BCUT2D eigenvalue weighted by atomic mass is 9.99. The molecule has 2 aromatic rings. The first-order chi connectivity index (χ1) is 11.4. The molecule has 0 aliphatic rings. The highest BCUT2D eigenvalue weighted by Crippen LogP contribution is 2.21. The van der Waals surface area contributed by atoms with Gasteiger partial charge in [0.05, 0.1) is 5.92 Å². The molecule has 1 atom stereocenters. The molecule has 0 aliphatic heterocycles. The molecule has 3 nitrogen and oxygen atoms in total. The van der Waals surface area contributed by atoms with E-state index in [2.05, 4.69) is 19.9 Å². The number of carbonyl (C=O) groups excluding carboxylic acids is 1. The fourth-order valence-corrected chi connectivity index (χ4v) is 2.38. The van der Waals surface area contributed by atoms with Gasteiger partial charge in [0.1, 0.15) is 10.7 Å². The van der Waals surface area contributed by atoms with Crippen LogP contribution in [0.25, 0.3) is 6.08 Å². The Hall–Kier alpha value is -2.46. The molecule has 0 bridgehead atoms. The summed E-state index contributed by atoms with van der Waals surface area (Å²) in [5.41, 5.74) is 9.57. The molecule has 0 spiro atoms. The maximum atomic E-state index is 12.3. The highest BCUT2D eigenvalue weighted by molar-refractivity contribution is 7.80. The lowest BCUT2D eigenvalue weighted by Crippen LogP contribution is -2.16. The normalized spacial score (nSPS) is 11.5. The van der Waals surface area contributed by atoms with E-state index in [1.165, 1.54) is 5.57 Å². The summed E-state index contributed by atoms with van der Waals surface area (Å²) in [5, 5.41) is 0. The van der Waals surface area contributed by atoms with Crippen molar-refractivity contribution in [3.63, 3.8) is 0 Å². The highest BCUT2D eigenvalue weighted by Gasteiger charge is 2.17. The zero-order valence-electron chi connectivity index (χ0n) is 14.1. The third kappa shape index (κ3) is 4.77. The average Bonchev–Trinajstić information content (AvgIpc) is 2.54. The molecular weight excluding hydrogens is 318 g/mol. The molecule has 124 valence electrons. The molecule has 0 heterocycles. The molecule has 2 rings (SSSR count). The fraction of sp³-hybridized carbons (Fsp3) is 0.200. The zero-order valence-corrected chi connectivity index (χ0v) is 14.9. The Kier molecular flexibility index (Phi) is 5.88. The van der Waals surface area contributed by atoms with Gasteiger partial charge in [0.25, 0.3) is 0 Å². The second kappa shape index (κ2) is 7.88. The van der Waals surface area contributed by atoms with Gasteiger partial charge in [-0.2, -0.15) is 0 Å². The van der Waals surface area contributed by atoms with Crippen LogP contribution in [-0.4, -0.2) is 11.0 Å². The maximum absolute atomic E-state index is 12.3. The van der Waals surface area contributed by atoms with Gasteiger partial charge in [-0.1, -0.05) is 48.1 Å². The summed E-state index contributed by atoms with van der Waals surface area (Å²) < 4.78 is 5.43. The largest absolute Gasteiger partial charge is 0.426 e. The van der Waals surface area contributed by atoms with Crippen LogP contribution in [0.5, 0.6) is 5.75 Å². The standard InChI is InChI=1S/C20H21NO2S/c1-13(2)12-15-4-6-16(7-5-15)14(3)20(22)23-18-10-8-17(9-11-18)19(21)24/h4-12,14H,1-3H3,(H2,21,24). The van der Waals surface area contributed by atoms with Crippen LogP contribution in [0, 0.1) is 0 Å². The summed E-state index contributed by atoms with van der Waals surface area (Å²) in [7, 11) is 0. The van der Waals surface area contributed by atoms with Crippen LogP contribution in [-0.2, 0) is 4.79 Å². The van der Waals surface area contributed by atoms with Gasteiger partial charge >= 0.3 is 5.97 Å². The minimum Gasteiger partial charge on any atom is -0.426 e. The number of benzene rings is 2. The van der Waals surface area contributed by atoms with Crippen LogP contribution in [0.4, 0.5) is 0 Å². The van der Waals surface area contributed by atoms with E-state index in [9.17, 15) is 4.79 Å². The average molecular weight is 339 g/mol. The fourth-order valence-electron chi connectivity index (χ4n) is 2.24. The van der Waals surface area contributed by atoms with Gasteiger partial charge in [-0.3, -0.25) is 4.79 Å². The number of rotatable bonds is 5. The number of nitrogens with two attached hydrogens (primary N) is 1. The van der Waals surface area contributed by atoms with Gasteiger partial charge in [0, 0.05) is 5.56 Å². The van der Waals surface area contributed by atoms with Gasteiger partial charge in [-0.25, -0.2) is 0 Å². The number of thiocarbonyl (C=S) groups is 1. The van der Waals surface area contributed by atoms with Crippen LogP contribution >= 0.6 is 12.2 Å². The van der Waals surface area contributed by atoms with Crippen molar-refractivity contribution in [1.29, 1.82) is 0 Å². The van der Waals surface area contributed by atoms with Crippen LogP contribution < -0.4 is 10.5 Å². The first-order valence-corrected chi connectivity index (χ1v) is 8.14. The molecule has 0 amide bonds. The summed E-state index contributed by atoms with van der Waals surface area (Å²) >= 11 is 4.90. The number of allylic oxidation sites excluding steroid dienone is 1. The summed E-state index contributed by atoms with van der Waals surface area (Å²) in [5.74, 6) is -0.165. The Morgan fingerprint density at radius 3 is 2.17 bits per heavy atom. The maximum Gasteiger partial charge on any atom is 0.318 e. The van der Waals surface area contributed by atoms with Gasteiger partial charge in [0.15, 0.2) is 0 Å². The number of ether oxygens (including phenoxy) is 1. The molecule has 0 aromatic heterocycles. The third-order valence-electron chi connectivity index (χ3n) is 3.60. The molecule has 2 N–H and O–H groups in total. The molecule has 4 heteroatoms. The molecule has 0 saturated carbocycles. The quantitative estimate of drug-likeness (QED) is 0.497. The lowest BCUT2D eigenvalue weighted by molar-refractivity contribution is -0.135. The van der Waals surface area contributed by atoms with Crippen molar-refractivity contribution in [3.8, 4) is 5.75 Å². The predicted octanol–water partition coefficient (Wildman–Crippen LogP) is 4.45. The molecule has 0 fully saturated rings. The van der Waals surface area contributed by atoms with Crippen LogP contribution in [0.15, 0.2) is 54.1 Å². The van der Waals surface area contributed by atoms with E-state index in [-0.39, 0.29) is 11.9 Å². The Labute approximate surface area is 148 Å². The number of esters is 1. The summed E-state index contributed by atoms with van der Waals surface area (Å²) in [6.45, 7) is 5.94. The smallest absolute Gasteiger partial charge is 0.318 e. The molecule has 1 unspecified atom stereocenters. The minimum atomic E-state index is -0.346. The molecule has 0 saturated heterocycles. The number of hydrogen-bond acceptors (Lipinski definition) is 3. The van der Waals surface area contributed by atoms with Gasteiger partial charge in [0.2, 0.25) is 0 Å². The number of hydrogen-bond donors (Lipinski definition) is 1. The molecule has 0 aliphatic carbocycles. The molecule has 24 heavy (non-hydrogen) atoms. The second-order valence-corrected chi connectivity index (χ2v) is 6.36. The summed E-state index contributed by atoms with van der Waals surface area (Å²) in [6.07, 6.45) is 2.09. The van der Waals surface area contributed by atoms with Gasteiger partial charge in [-0.05, 0) is 56.2 Å². The SMILES string of the molecule is CC(C)=Cc1ccc(C(C)C(=O)Oc2ccc(C(N)=S)cc2)cc1.